The Hall–Kier alpha value is -2.69. The monoisotopic (exact) mass is 386 g/mol. The normalized spacial score (nSPS) is 11.9. The zero-order valence-electron chi connectivity index (χ0n) is 17.5. The molecule has 2 N–H and O–H groups in total. The maximum absolute atomic E-state index is 12.0. The summed E-state index contributed by atoms with van der Waals surface area (Å²) in [5.74, 6) is 0.247. The van der Waals surface area contributed by atoms with E-state index in [0.717, 1.165) is 11.1 Å². The number of hydrogen-bond acceptors (Lipinski definition) is 5. The maximum Gasteiger partial charge on any atom is 0.508 e. The van der Waals surface area contributed by atoms with Gasteiger partial charge < -0.3 is 19.7 Å². The molecule has 0 aliphatic carbocycles. The van der Waals surface area contributed by atoms with Crippen LogP contribution in [-0.4, -0.2) is 16.4 Å². The molecule has 152 valence electrons. The molecule has 0 aliphatic rings. The van der Waals surface area contributed by atoms with E-state index in [1.54, 1.807) is 12.1 Å². The lowest BCUT2D eigenvalue weighted by atomic mass is 9.85. The summed E-state index contributed by atoms with van der Waals surface area (Å²) in [6, 6.07) is 10.7. The summed E-state index contributed by atoms with van der Waals surface area (Å²) in [6.07, 6.45) is -0.860. The van der Waals surface area contributed by atoms with Crippen molar-refractivity contribution in [3.05, 3.63) is 58.7 Å². The Morgan fingerprint density at radius 2 is 1.11 bits per heavy atom. The topological polar surface area (TPSA) is 76.0 Å². The number of ether oxygens (including phenoxy) is 2. The Labute approximate surface area is 166 Å². The highest BCUT2D eigenvalue weighted by Crippen LogP contribution is 2.34. The van der Waals surface area contributed by atoms with Crippen LogP contribution in [-0.2, 0) is 33.5 Å². The standard InChI is InChI=1S/C23H30O5/c1-22(2,3)17-11-7-9-15(19(17)24)13-27-21(26)28-14-16-10-8-12-18(20(16)25)23(4,5)6/h7-12,24-25H,13-14H2,1-6H3. The van der Waals surface area contributed by atoms with Crippen molar-refractivity contribution in [3.63, 3.8) is 0 Å². The highest BCUT2D eigenvalue weighted by Gasteiger charge is 2.22. The fourth-order valence-electron chi connectivity index (χ4n) is 2.94. The summed E-state index contributed by atoms with van der Waals surface area (Å²) in [6.45, 7) is 11.8. The number of hydrogen-bond donors (Lipinski definition) is 2. The first-order chi connectivity index (χ1) is 12.9. The van der Waals surface area contributed by atoms with Crippen molar-refractivity contribution in [1.29, 1.82) is 0 Å². The zero-order valence-corrected chi connectivity index (χ0v) is 17.5. The highest BCUT2D eigenvalue weighted by atomic mass is 16.7. The molecule has 5 nitrogen and oxygen atoms in total. The molecule has 2 aromatic carbocycles. The van der Waals surface area contributed by atoms with Crippen LogP contribution in [0.15, 0.2) is 36.4 Å². The van der Waals surface area contributed by atoms with Crippen LogP contribution in [0, 0.1) is 0 Å². The summed E-state index contributed by atoms with van der Waals surface area (Å²) >= 11 is 0. The number of phenols is 2. The number of benzene rings is 2. The largest absolute Gasteiger partial charge is 0.508 e. The van der Waals surface area contributed by atoms with Gasteiger partial charge in [-0.1, -0.05) is 77.9 Å². The first-order valence-electron chi connectivity index (χ1n) is 9.33. The van der Waals surface area contributed by atoms with Crippen LogP contribution >= 0.6 is 0 Å². The van der Waals surface area contributed by atoms with Gasteiger partial charge >= 0.3 is 6.16 Å². The molecule has 0 fully saturated rings. The van der Waals surface area contributed by atoms with Crippen LogP contribution in [0.25, 0.3) is 0 Å². The van der Waals surface area contributed by atoms with E-state index in [2.05, 4.69) is 0 Å². The lowest BCUT2D eigenvalue weighted by Crippen LogP contribution is -2.13. The smallest absolute Gasteiger partial charge is 0.507 e. The van der Waals surface area contributed by atoms with Gasteiger partial charge in [0.05, 0.1) is 0 Å². The molecular formula is C23H30O5. The van der Waals surface area contributed by atoms with E-state index in [4.69, 9.17) is 9.47 Å². The molecule has 0 saturated heterocycles. The predicted molar refractivity (Wildman–Crippen MR) is 109 cm³/mol. The van der Waals surface area contributed by atoms with E-state index in [1.165, 1.54) is 0 Å². The second kappa shape index (κ2) is 8.13. The molecule has 0 unspecified atom stereocenters. The molecule has 0 aromatic heterocycles. The number of aromatic hydroxyl groups is 2. The molecule has 28 heavy (non-hydrogen) atoms. The first-order valence-corrected chi connectivity index (χ1v) is 9.33. The number of carbonyl (C=O) groups is 1. The number of rotatable bonds is 4. The van der Waals surface area contributed by atoms with E-state index in [-0.39, 0.29) is 35.5 Å². The van der Waals surface area contributed by atoms with Gasteiger partial charge in [0, 0.05) is 11.1 Å². The van der Waals surface area contributed by atoms with Gasteiger partial charge in [0.1, 0.15) is 24.7 Å². The van der Waals surface area contributed by atoms with Crippen LogP contribution in [0.2, 0.25) is 0 Å². The molecule has 0 radical (unpaired) electrons. The van der Waals surface area contributed by atoms with Gasteiger partial charge in [-0.25, -0.2) is 4.79 Å². The summed E-state index contributed by atoms with van der Waals surface area (Å²) in [4.78, 5) is 12.0. The third-order valence-electron chi connectivity index (χ3n) is 4.55. The number of carbonyl (C=O) groups excluding carboxylic acids is 1. The Morgan fingerprint density at radius 3 is 1.43 bits per heavy atom. The van der Waals surface area contributed by atoms with Gasteiger partial charge in [0.15, 0.2) is 0 Å². The average Bonchev–Trinajstić information content (AvgIpc) is 2.58. The van der Waals surface area contributed by atoms with E-state index in [9.17, 15) is 15.0 Å². The Morgan fingerprint density at radius 1 is 0.750 bits per heavy atom. The van der Waals surface area contributed by atoms with Crippen LogP contribution < -0.4 is 0 Å². The van der Waals surface area contributed by atoms with E-state index in [1.807, 2.05) is 65.8 Å². The minimum atomic E-state index is -0.860. The van der Waals surface area contributed by atoms with Gasteiger partial charge in [-0.15, -0.1) is 0 Å². The van der Waals surface area contributed by atoms with Crippen LogP contribution in [0.4, 0.5) is 4.79 Å². The number of phenolic OH excluding ortho intramolecular Hbond substituents is 2. The molecule has 0 saturated carbocycles. The van der Waals surface area contributed by atoms with E-state index >= 15 is 0 Å². The molecule has 5 heteroatoms. The van der Waals surface area contributed by atoms with Gasteiger partial charge in [-0.3, -0.25) is 0 Å². The van der Waals surface area contributed by atoms with Gasteiger partial charge in [-0.05, 0) is 22.0 Å². The first kappa shape index (κ1) is 21.6. The Bertz CT molecular complexity index is 772. The molecule has 0 aliphatic heterocycles. The molecule has 2 aromatic rings. The third-order valence-corrected chi connectivity index (χ3v) is 4.55. The molecule has 0 amide bonds. The highest BCUT2D eigenvalue weighted by molar-refractivity contribution is 5.60. The fraction of sp³-hybridized carbons (Fsp3) is 0.435. The summed E-state index contributed by atoms with van der Waals surface area (Å²) < 4.78 is 10.3. The van der Waals surface area contributed by atoms with Crippen molar-refractivity contribution in [1.82, 2.24) is 0 Å². The minimum absolute atomic E-state index is 0.0946. The minimum Gasteiger partial charge on any atom is -0.507 e. The molecule has 0 heterocycles. The van der Waals surface area contributed by atoms with Crippen molar-refractivity contribution in [2.24, 2.45) is 0 Å². The van der Waals surface area contributed by atoms with Crippen molar-refractivity contribution in [2.75, 3.05) is 0 Å². The lowest BCUT2D eigenvalue weighted by molar-refractivity contribution is 0.0438. The average molecular weight is 386 g/mol. The summed E-state index contributed by atoms with van der Waals surface area (Å²) in [5.41, 5.74) is 2.15. The van der Waals surface area contributed by atoms with Gasteiger partial charge in [0.25, 0.3) is 0 Å². The van der Waals surface area contributed by atoms with Gasteiger partial charge in [-0.2, -0.15) is 0 Å². The number of para-hydroxylation sites is 2. The Balaban J connectivity index is 2.00. The second-order valence-corrected chi connectivity index (χ2v) is 8.95. The molecule has 0 spiro atoms. The predicted octanol–water partition coefficient (Wildman–Crippen LogP) is 5.55. The lowest BCUT2D eigenvalue weighted by Gasteiger charge is -2.22. The van der Waals surface area contributed by atoms with Crippen LogP contribution in [0.1, 0.15) is 63.8 Å². The quantitative estimate of drug-likeness (QED) is 0.674. The van der Waals surface area contributed by atoms with Crippen molar-refractivity contribution in [3.8, 4) is 11.5 Å². The molecule has 2 rings (SSSR count). The fourth-order valence-corrected chi connectivity index (χ4v) is 2.94. The SMILES string of the molecule is CC(C)(C)c1cccc(COC(=O)OCc2cccc(C(C)(C)C)c2O)c1O. The van der Waals surface area contributed by atoms with E-state index < -0.39 is 6.16 Å². The molecule has 0 atom stereocenters. The maximum atomic E-state index is 12.0. The van der Waals surface area contributed by atoms with Crippen molar-refractivity contribution < 1.29 is 24.5 Å². The molecular weight excluding hydrogens is 356 g/mol. The van der Waals surface area contributed by atoms with E-state index in [0.29, 0.717) is 11.1 Å². The summed E-state index contributed by atoms with van der Waals surface area (Å²) in [7, 11) is 0. The van der Waals surface area contributed by atoms with Crippen molar-refractivity contribution >= 4 is 6.16 Å². The van der Waals surface area contributed by atoms with Crippen LogP contribution in [0.5, 0.6) is 11.5 Å². The third kappa shape index (κ3) is 5.18. The summed E-state index contributed by atoms with van der Waals surface area (Å²) in [5, 5.41) is 20.8. The Kier molecular flexibility index (Phi) is 6.27. The zero-order chi connectivity index (χ0) is 21.1. The molecule has 0 bridgehead atoms. The van der Waals surface area contributed by atoms with Gasteiger partial charge in [0.2, 0.25) is 0 Å². The van der Waals surface area contributed by atoms with Crippen molar-refractivity contribution in [2.45, 2.75) is 65.6 Å². The second-order valence-electron chi connectivity index (χ2n) is 8.95. The van der Waals surface area contributed by atoms with Crippen LogP contribution in [0.3, 0.4) is 0 Å².